The van der Waals surface area contributed by atoms with Crippen LogP contribution in [0.3, 0.4) is 0 Å². The maximum atomic E-state index is 14.4. The van der Waals surface area contributed by atoms with E-state index in [-0.39, 0.29) is 8.97 Å². The van der Waals surface area contributed by atoms with Gasteiger partial charge >= 0.3 is 29.3 Å². The predicted octanol–water partition coefficient (Wildman–Crippen LogP) is 7.94. The first kappa shape index (κ1) is 52.8. The van der Waals surface area contributed by atoms with Crippen LogP contribution in [0.1, 0.15) is 119 Å². The van der Waals surface area contributed by atoms with Crippen LogP contribution >= 0.6 is 0 Å². The molecule has 23 heteroatoms. The fraction of sp³-hybridized carbons (Fsp3) is 0.667. The molecule has 2 aliphatic rings. The second kappa shape index (κ2) is 25.5. The molecule has 0 amide bonds. The Balaban J connectivity index is 0.000000324. The Morgan fingerprint density at radius 3 is 0.712 bits per heavy atom. The molecule has 0 N–H and O–H groups in total. The Morgan fingerprint density at radius 2 is 0.525 bits per heavy atom. The molecule has 2 aromatic rings. The average molecular weight is 860 g/mol. The summed E-state index contributed by atoms with van der Waals surface area (Å²) in [7, 11) is -6.00. The Hall–Kier alpha value is -2.36. The van der Waals surface area contributed by atoms with E-state index in [1.54, 1.807) is 0 Å². The van der Waals surface area contributed by atoms with Gasteiger partial charge in [-0.2, -0.15) is 17.6 Å². The first-order valence-electron chi connectivity index (χ1n) is 20.3. The number of quaternary nitrogens is 2. The topological polar surface area (TPSA) is 92.3 Å². The summed E-state index contributed by atoms with van der Waals surface area (Å²) in [6, 6.07) is 0. The van der Waals surface area contributed by atoms with Crippen LogP contribution in [0, 0.1) is 58.2 Å². The van der Waals surface area contributed by atoms with Gasteiger partial charge in [-0.1, -0.05) is 80.1 Å². The van der Waals surface area contributed by atoms with E-state index >= 15 is 0 Å². The molecule has 59 heavy (non-hydrogen) atoms. The molecule has 0 aliphatic carbocycles. The fourth-order valence-corrected chi connectivity index (χ4v) is 6.84. The molecule has 2 aromatic carbocycles. The molecule has 2 aliphatic heterocycles. The van der Waals surface area contributed by atoms with Gasteiger partial charge in [0.05, 0.1) is 39.3 Å². The molecule has 0 radical (unpaired) electrons. The smallest absolute Gasteiger partial charge is 0.597 e. The molecule has 2 heterocycles. The van der Waals surface area contributed by atoms with Crippen molar-refractivity contribution in [2.45, 2.75) is 119 Å². The zero-order chi connectivity index (χ0) is 44.5. The lowest BCUT2D eigenvalue weighted by atomic mass is 9.90. The highest BCUT2D eigenvalue weighted by molar-refractivity contribution is 6.73. The van der Waals surface area contributed by atoms with Crippen molar-refractivity contribution in [1.29, 1.82) is 0 Å². The van der Waals surface area contributed by atoms with Gasteiger partial charge in [0, 0.05) is 0 Å². The average Bonchev–Trinajstić information content (AvgIpc) is 3.21. The molecule has 0 aromatic heterocycles. The maximum absolute atomic E-state index is 14.4. The van der Waals surface area contributed by atoms with Crippen LogP contribution < -0.4 is 19.0 Å². The quantitative estimate of drug-likeness (QED) is 0.0439. The third kappa shape index (κ3) is 13.8. The van der Waals surface area contributed by atoms with Crippen LogP contribution in [0.15, 0.2) is 0 Å². The highest BCUT2D eigenvalue weighted by Gasteiger charge is 2.45. The normalized spacial score (nSPS) is 14.3. The minimum absolute atomic E-state index is 0.179. The van der Waals surface area contributed by atoms with E-state index in [1.807, 2.05) is 41.5 Å². The van der Waals surface area contributed by atoms with Crippen molar-refractivity contribution < 1.29 is 76.8 Å². The van der Waals surface area contributed by atoms with E-state index in [9.17, 15) is 54.0 Å². The van der Waals surface area contributed by atoms with Crippen molar-refractivity contribution in [3.63, 3.8) is 0 Å². The molecule has 332 valence electrons. The fourth-order valence-electron chi connectivity index (χ4n) is 6.84. The predicted molar refractivity (Wildman–Crippen MR) is 203 cm³/mol. The zero-order valence-electron chi connectivity index (χ0n) is 34.6. The molecule has 0 saturated carbocycles. The number of hydrogen-bond donors (Lipinski definition) is 0. The third-order valence-corrected chi connectivity index (χ3v) is 10.1. The van der Waals surface area contributed by atoms with E-state index in [4.69, 9.17) is 0 Å². The summed E-state index contributed by atoms with van der Waals surface area (Å²) in [5.41, 5.74) is -1.33. The van der Waals surface area contributed by atoms with Gasteiger partial charge in [-0.3, -0.25) is 8.97 Å². The van der Waals surface area contributed by atoms with Crippen LogP contribution in [0.25, 0.3) is 0 Å². The van der Waals surface area contributed by atoms with Crippen LogP contribution in [0.2, 0.25) is 0 Å². The van der Waals surface area contributed by atoms with Crippen molar-refractivity contribution >= 4 is 40.7 Å². The molecule has 0 unspecified atom stereocenters. The molecule has 0 spiro atoms. The molecule has 9 nitrogen and oxygen atoms in total. The summed E-state index contributed by atoms with van der Waals surface area (Å²) < 4.78 is 161. The van der Waals surface area contributed by atoms with Gasteiger partial charge in [0.1, 0.15) is 0 Å². The second-order valence-electron chi connectivity index (χ2n) is 14.4. The highest BCUT2D eigenvalue weighted by atomic mass is 19.2. The van der Waals surface area contributed by atoms with Gasteiger partial charge in [-0.05, 0) is 38.5 Å². The van der Waals surface area contributed by atoms with Gasteiger partial charge in [0.15, 0.2) is 0 Å². The van der Waals surface area contributed by atoms with Crippen LogP contribution in [0.5, 0.6) is 0 Å². The number of rotatable bonds is 20. The van der Waals surface area contributed by atoms with Gasteiger partial charge in [-0.15, -0.1) is 0 Å². The van der Waals surface area contributed by atoms with Crippen LogP contribution in [0.4, 0.5) is 55.3 Å². The number of benzene rings is 2. The summed E-state index contributed by atoms with van der Waals surface area (Å²) in [4.78, 5) is 0. The molecule has 4 rings (SSSR count). The molecule has 0 atom stereocenters. The third-order valence-electron chi connectivity index (χ3n) is 10.1. The molecular weight excluding hydrogens is 806 g/mol. The zero-order valence-corrected chi connectivity index (χ0v) is 34.6. The number of fused-ring (bicyclic) bond motifs is 2. The Kier molecular flexibility index (Phi) is 22.9. The summed E-state index contributed by atoms with van der Waals surface area (Å²) in [6.45, 7) is 13.8. The Labute approximate surface area is 342 Å². The lowest BCUT2D eigenvalue weighted by Crippen LogP contribution is -2.65. The van der Waals surface area contributed by atoms with E-state index in [2.05, 4.69) is 22.9 Å². The lowest BCUT2D eigenvalue weighted by Gasteiger charge is -2.40. The Bertz CT molecular complexity index is 1380. The number of nitrogens with zero attached hydrogens (tertiary/aromatic N) is 2. The highest BCUT2D eigenvalue weighted by Crippen LogP contribution is 2.38. The first-order chi connectivity index (χ1) is 28.0. The van der Waals surface area contributed by atoms with Crippen molar-refractivity contribution in [3.05, 3.63) is 58.2 Å². The van der Waals surface area contributed by atoms with E-state index in [1.165, 1.54) is 0 Å². The van der Waals surface area contributed by atoms with Crippen molar-refractivity contribution in [3.8, 4) is 0 Å². The van der Waals surface area contributed by atoms with Crippen molar-refractivity contribution in [2.75, 3.05) is 39.3 Å². The van der Waals surface area contributed by atoms with Crippen LogP contribution in [-0.4, -0.2) is 68.6 Å². The lowest BCUT2D eigenvalue weighted by molar-refractivity contribution is -0.260. The molecular formula is C36H54B4F10N2O7. The SMILES string of the molecule is CCCC[N+](CCCC)(CCCC)c1c(F)c(F)c(F)c(F)c1F.CCCC[N+](CCCC)(CCCC)c1c(F)c(F)c(F)c(F)c1F.[O-]B1OB2OB([O-])OB(O1)O2. The number of unbranched alkanes of at least 4 members (excludes halogenated alkanes) is 6. The van der Waals surface area contributed by atoms with Gasteiger partial charge in [0.25, 0.3) is 0 Å². The van der Waals surface area contributed by atoms with E-state index in [0.29, 0.717) is 77.8 Å². The minimum atomic E-state index is -2.09. The summed E-state index contributed by atoms with van der Waals surface area (Å²) in [6.07, 6.45) is 8.67. The number of hydrogen-bond acceptors (Lipinski definition) is 7. The summed E-state index contributed by atoms with van der Waals surface area (Å²) in [5, 5.41) is 21.0. The van der Waals surface area contributed by atoms with Crippen molar-refractivity contribution in [2.24, 2.45) is 0 Å². The molecule has 2 fully saturated rings. The van der Waals surface area contributed by atoms with Gasteiger partial charge in [0.2, 0.25) is 69.5 Å². The summed E-state index contributed by atoms with van der Waals surface area (Å²) >= 11 is 0. The van der Waals surface area contributed by atoms with E-state index < -0.39 is 98.8 Å². The first-order valence-corrected chi connectivity index (χ1v) is 20.3. The van der Waals surface area contributed by atoms with Gasteiger partial charge < -0.3 is 32.9 Å². The monoisotopic (exact) mass is 860 g/mol. The van der Waals surface area contributed by atoms with Gasteiger partial charge in [-0.25, -0.2) is 26.3 Å². The largest absolute Gasteiger partial charge is 0.833 e. The van der Waals surface area contributed by atoms with Crippen LogP contribution in [-0.2, 0) is 22.9 Å². The standard InChI is InChI=1S/2C18H27F5N.B4O7/c2*1-4-7-10-24(11-8-5-2,12-9-6-3)18-16(22)14(20)13(19)15(21)17(18)23;5-1-7-3-9-2(6)10-4(8-1)11-3/h2*4-12H2,1-3H3;/q2*+1;-2. The molecule has 2 bridgehead atoms. The van der Waals surface area contributed by atoms with Crippen molar-refractivity contribution in [1.82, 2.24) is 8.97 Å². The summed E-state index contributed by atoms with van der Waals surface area (Å²) in [5.74, 6) is -18.3. The minimum Gasteiger partial charge on any atom is -0.833 e. The second-order valence-corrected chi connectivity index (χ2v) is 14.4. The Morgan fingerprint density at radius 1 is 0.339 bits per heavy atom. The maximum Gasteiger partial charge on any atom is 0.597 e. The molecule has 2 saturated heterocycles. The number of halogens is 10. The van der Waals surface area contributed by atoms with E-state index in [0.717, 1.165) is 38.5 Å².